The number of Topliss-reactive ketones (excluding diaryl/α,β-unsaturated/α-hetero) is 1. The average Bonchev–Trinajstić information content (AvgIpc) is 2.26. The van der Waals surface area contributed by atoms with E-state index in [0.29, 0.717) is 5.56 Å². The standard InChI is InChI=1S/C10H11IN2O2/c1-12-13(2)10(15)9(14)7-5-3-4-6-8(7)11/h3-6,12H,1-2H3. The molecule has 0 aliphatic heterocycles. The van der Waals surface area contributed by atoms with Crippen LogP contribution in [0.3, 0.4) is 0 Å². The largest absolute Gasteiger partial charge is 0.308 e. The van der Waals surface area contributed by atoms with Crippen molar-refractivity contribution in [3.63, 3.8) is 0 Å². The fraction of sp³-hybridized carbons (Fsp3) is 0.200. The quantitative estimate of drug-likeness (QED) is 0.392. The zero-order valence-corrected chi connectivity index (χ0v) is 10.6. The van der Waals surface area contributed by atoms with Gasteiger partial charge in [-0.3, -0.25) is 14.6 Å². The summed E-state index contributed by atoms with van der Waals surface area (Å²) >= 11 is 2.03. The molecular formula is C10H11IN2O2. The number of amides is 1. The second-order valence-corrected chi connectivity index (χ2v) is 4.06. The maximum atomic E-state index is 11.7. The lowest BCUT2D eigenvalue weighted by Gasteiger charge is -2.14. The van der Waals surface area contributed by atoms with Gasteiger partial charge < -0.3 is 0 Å². The van der Waals surface area contributed by atoms with E-state index in [4.69, 9.17) is 0 Å². The number of hydrogen-bond acceptors (Lipinski definition) is 3. The van der Waals surface area contributed by atoms with E-state index >= 15 is 0 Å². The van der Waals surface area contributed by atoms with Gasteiger partial charge in [-0.15, -0.1) is 0 Å². The molecule has 0 aliphatic carbocycles. The third-order valence-corrected chi connectivity index (χ3v) is 2.89. The highest BCUT2D eigenvalue weighted by Crippen LogP contribution is 2.12. The van der Waals surface area contributed by atoms with Crippen molar-refractivity contribution < 1.29 is 9.59 Å². The van der Waals surface area contributed by atoms with Crippen molar-refractivity contribution in [2.75, 3.05) is 14.1 Å². The van der Waals surface area contributed by atoms with Crippen molar-refractivity contribution in [1.82, 2.24) is 10.4 Å². The number of halogens is 1. The highest BCUT2D eigenvalue weighted by molar-refractivity contribution is 14.1. The summed E-state index contributed by atoms with van der Waals surface area (Å²) in [5.74, 6) is -1.07. The number of hydrazine groups is 1. The number of carbonyl (C=O) groups is 2. The van der Waals surface area contributed by atoms with Gasteiger partial charge in [-0.2, -0.15) is 0 Å². The van der Waals surface area contributed by atoms with Crippen LogP contribution in [0.4, 0.5) is 0 Å². The summed E-state index contributed by atoms with van der Waals surface area (Å²) in [6.07, 6.45) is 0. The van der Waals surface area contributed by atoms with Gasteiger partial charge in [0.15, 0.2) is 0 Å². The normalized spacial score (nSPS) is 9.80. The minimum atomic E-state index is -0.568. The minimum absolute atomic E-state index is 0.435. The fourth-order valence-corrected chi connectivity index (χ4v) is 1.65. The Morgan fingerprint density at radius 2 is 1.93 bits per heavy atom. The minimum Gasteiger partial charge on any atom is -0.283 e. The van der Waals surface area contributed by atoms with Gasteiger partial charge in [-0.05, 0) is 34.7 Å². The number of ketones is 1. The van der Waals surface area contributed by atoms with Gasteiger partial charge in [0, 0.05) is 23.2 Å². The van der Waals surface area contributed by atoms with Crippen LogP contribution in [-0.4, -0.2) is 30.8 Å². The molecule has 0 radical (unpaired) electrons. The van der Waals surface area contributed by atoms with E-state index in [9.17, 15) is 9.59 Å². The number of hydrogen-bond donors (Lipinski definition) is 1. The van der Waals surface area contributed by atoms with Crippen LogP contribution in [0.2, 0.25) is 0 Å². The molecule has 0 saturated carbocycles. The number of likely N-dealkylation sites (N-methyl/N-ethyl adjacent to an activating group) is 1. The molecule has 1 rings (SSSR count). The lowest BCUT2D eigenvalue weighted by Crippen LogP contribution is -2.41. The molecule has 15 heavy (non-hydrogen) atoms. The average molecular weight is 318 g/mol. The summed E-state index contributed by atoms with van der Waals surface area (Å²) in [6, 6.07) is 7.00. The second-order valence-electron chi connectivity index (χ2n) is 2.90. The first-order valence-electron chi connectivity index (χ1n) is 4.32. The molecule has 80 valence electrons. The molecular weight excluding hydrogens is 307 g/mol. The van der Waals surface area contributed by atoms with Gasteiger partial charge in [-0.25, -0.2) is 5.43 Å². The maximum absolute atomic E-state index is 11.7. The van der Waals surface area contributed by atoms with Gasteiger partial charge in [-0.1, -0.05) is 12.1 Å². The molecule has 0 bridgehead atoms. The Morgan fingerprint density at radius 1 is 1.33 bits per heavy atom. The zero-order chi connectivity index (χ0) is 11.4. The number of carbonyl (C=O) groups excluding carboxylic acids is 2. The van der Waals surface area contributed by atoms with Crippen molar-refractivity contribution in [3.8, 4) is 0 Å². The Balaban J connectivity index is 2.96. The molecule has 1 aromatic rings. The van der Waals surface area contributed by atoms with Gasteiger partial charge >= 0.3 is 5.91 Å². The van der Waals surface area contributed by atoms with E-state index in [1.807, 2.05) is 28.7 Å². The van der Waals surface area contributed by atoms with E-state index < -0.39 is 11.7 Å². The second kappa shape index (κ2) is 5.22. The Kier molecular flexibility index (Phi) is 4.22. The van der Waals surface area contributed by atoms with Gasteiger partial charge in [0.1, 0.15) is 0 Å². The maximum Gasteiger partial charge on any atom is 0.308 e. The molecule has 0 unspecified atom stereocenters. The number of rotatable bonds is 3. The first-order valence-corrected chi connectivity index (χ1v) is 5.40. The molecule has 0 heterocycles. The smallest absolute Gasteiger partial charge is 0.283 e. The number of nitrogens with one attached hydrogen (secondary N) is 1. The third-order valence-electron chi connectivity index (χ3n) is 1.95. The Morgan fingerprint density at radius 3 is 2.47 bits per heavy atom. The molecule has 0 saturated heterocycles. The molecule has 0 aliphatic rings. The molecule has 0 fully saturated rings. The van der Waals surface area contributed by atoms with Crippen molar-refractivity contribution in [1.29, 1.82) is 0 Å². The predicted octanol–water partition coefficient (Wildman–Crippen LogP) is 1.07. The summed E-state index contributed by atoms with van der Waals surface area (Å²) in [5.41, 5.74) is 3.03. The molecule has 4 nitrogen and oxygen atoms in total. The summed E-state index contributed by atoms with van der Waals surface area (Å²) in [7, 11) is 3.09. The summed E-state index contributed by atoms with van der Waals surface area (Å²) in [6.45, 7) is 0. The van der Waals surface area contributed by atoms with Gasteiger partial charge in [0.2, 0.25) is 0 Å². The molecule has 1 N–H and O–H groups in total. The SMILES string of the molecule is CNN(C)C(=O)C(=O)c1ccccc1I. The summed E-state index contributed by atoms with van der Waals surface area (Å²) < 4.78 is 0.776. The van der Waals surface area contributed by atoms with Gasteiger partial charge in [0.25, 0.3) is 5.78 Å². The lowest BCUT2D eigenvalue weighted by atomic mass is 10.1. The third kappa shape index (κ3) is 2.75. The number of benzene rings is 1. The van der Waals surface area contributed by atoms with Crippen molar-refractivity contribution in [2.24, 2.45) is 0 Å². The Bertz CT molecular complexity index is 393. The van der Waals surface area contributed by atoms with Crippen LogP contribution in [0.15, 0.2) is 24.3 Å². The van der Waals surface area contributed by atoms with Crippen LogP contribution in [-0.2, 0) is 4.79 Å². The van der Waals surface area contributed by atoms with Crippen molar-refractivity contribution in [3.05, 3.63) is 33.4 Å². The van der Waals surface area contributed by atoms with E-state index in [2.05, 4.69) is 5.43 Å². The molecule has 5 heteroatoms. The number of nitrogens with zero attached hydrogens (tertiary/aromatic N) is 1. The fourth-order valence-electron chi connectivity index (χ4n) is 1.01. The molecule has 0 aromatic heterocycles. The van der Waals surface area contributed by atoms with Crippen LogP contribution in [0.25, 0.3) is 0 Å². The van der Waals surface area contributed by atoms with E-state index in [1.165, 1.54) is 7.05 Å². The van der Waals surface area contributed by atoms with Gasteiger partial charge in [0.05, 0.1) is 0 Å². The lowest BCUT2D eigenvalue weighted by molar-refractivity contribution is -0.127. The molecule has 0 atom stereocenters. The summed E-state index contributed by atoms with van der Waals surface area (Å²) in [5, 5.41) is 1.16. The first-order chi connectivity index (χ1) is 7.07. The highest BCUT2D eigenvalue weighted by atomic mass is 127. The summed E-state index contributed by atoms with van der Waals surface area (Å²) in [4.78, 5) is 23.3. The van der Waals surface area contributed by atoms with Crippen LogP contribution in [0.5, 0.6) is 0 Å². The van der Waals surface area contributed by atoms with E-state index in [0.717, 1.165) is 8.58 Å². The Hall–Kier alpha value is -0.950. The molecule has 1 aromatic carbocycles. The molecule has 1 amide bonds. The first kappa shape index (κ1) is 12.1. The monoisotopic (exact) mass is 318 g/mol. The van der Waals surface area contributed by atoms with E-state index in [-0.39, 0.29) is 0 Å². The van der Waals surface area contributed by atoms with Crippen molar-refractivity contribution >= 4 is 34.3 Å². The van der Waals surface area contributed by atoms with E-state index in [1.54, 1.807) is 25.2 Å². The zero-order valence-electron chi connectivity index (χ0n) is 8.45. The van der Waals surface area contributed by atoms with Crippen LogP contribution in [0.1, 0.15) is 10.4 Å². The van der Waals surface area contributed by atoms with Crippen LogP contribution >= 0.6 is 22.6 Å². The van der Waals surface area contributed by atoms with Crippen LogP contribution < -0.4 is 5.43 Å². The highest BCUT2D eigenvalue weighted by Gasteiger charge is 2.21. The van der Waals surface area contributed by atoms with Crippen LogP contribution in [0, 0.1) is 3.57 Å². The predicted molar refractivity (Wildman–Crippen MR) is 65.3 cm³/mol. The Labute approximate surface area is 102 Å². The van der Waals surface area contributed by atoms with Crippen molar-refractivity contribution in [2.45, 2.75) is 0 Å². The molecule has 0 spiro atoms. The topological polar surface area (TPSA) is 49.4 Å².